The lowest BCUT2D eigenvalue weighted by molar-refractivity contribution is 0.113. The lowest BCUT2D eigenvalue weighted by Crippen LogP contribution is -2.40. The van der Waals surface area contributed by atoms with Crippen LogP contribution in [0.15, 0.2) is 46.5 Å². The summed E-state index contributed by atoms with van der Waals surface area (Å²) in [5.74, 6) is -0.124. The molecule has 144 valence electrons. The molecule has 2 aromatic rings. The number of aliphatic hydroxyl groups excluding tert-OH is 1. The van der Waals surface area contributed by atoms with E-state index in [1.54, 1.807) is 6.07 Å². The van der Waals surface area contributed by atoms with Gasteiger partial charge in [-0.2, -0.15) is 9.41 Å². The number of anilines is 1. The minimum absolute atomic E-state index is 0.0804. The topological polar surface area (TPSA) is 135 Å². The van der Waals surface area contributed by atoms with Gasteiger partial charge in [-0.15, -0.1) is 0 Å². The zero-order valence-electron chi connectivity index (χ0n) is 14.4. The Morgan fingerprint density at radius 1 is 1.15 bits per heavy atom. The molecule has 1 aliphatic heterocycles. The molecule has 1 aliphatic rings. The van der Waals surface area contributed by atoms with Crippen molar-refractivity contribution in [3.05, 3.63) is 42.1 Å². The number of nitrogens with zero attached hydrogens (tertiary/aromatic N) is 3. The zero-order chi connectivity index (χ0) is 19.4. The van der Waals surface area contributed by atoms with Crippen molar-refractivity contribution < 1.29 is 23.7 Å². The first-order chi connectivity index (χ1) is 12.9. The number of hydrogen-bond donors (Lipinski definition) is 4. The predicted molar refractivity (Wildman–Crippen MR) is 99.2 cm³/mol. The fourth-order valence-electron chi connectivity index (χ4n) is 2.62. The number of benzene rings is 1. The second kappa shape index (κ2) is 7.91. The van der Waals surface area contributed by atoms with Gasteiger partial charge in [-0.1, -0.05) is 0 Å². The third-order valence-electron chi connectivity index (χ3n) is 4.19. The van der Waals surface area contributed by atoms with Gasteiger partial charge in [-0.05, 0) is 48.7 Å². The number of pyridine rings is 1. The number of phenolic OH excluding ortho intramolecular Hbond substituents is 2. The highest BCUT2D eigenvalue weighted by atomic mass is 32.2. The molecule has 0 atom stereocenters. The van der Waals surface area contributed by atoms with Gasteiger partial charge in [-0.25, -0.2) is 13.4 Å². The molecular formula is C17H20N4O5S. The third-order valence-corrected chi connectivity index (χ3v) is 6.07. The highest BCUT2D eigenvalue weighted by Crippen LogP contribution is 2.24. The summed E-state index contributed by atoms with van der Waals surface area (Å²) in [6.07, 6.45) is 3.08. The molecule has 0 unspecified atom stereocenters. The van der Waals surface area contributed by atoms with Gasteiger partial charge in [-0.3, -0.25) is 5.43 Å². The average molecular weight is 392 g/mol. The smallest absolute Gasteiger partial charge is 0.244 e. The molecule has 1 saturated heterocycles. The molecular weight excluding hydrogens is 372 g/mol. The van der Waals surface area contributed by atoms with E-state index in [9.17, 15) is 23.7 Å². The summed E-state index contributed by atoms with van der Waals surface area (Å²) < 4.78 is 26.5. The SMILES string of the molecule is O=S(=O)(c1ccc(N/N=C/c2ccc(O)c(O)c2)nc1)N1CCC(O)CC1. The fraction of sp³-hybridized carbons (Fsp3) is 0.294. The van der Waals surface area contributed by atoms with E-state index in [2.05, 4.69) is 15.5 Å². The van der Waals surface area contributed by atoms with Crippen LogP contribution in [0.4, 0.5) is 5.82 Å². The number of rotatable bonds is 5. The van der Waals surface area contributed by atoms with E-state index in [-0.39, 0.29) is 29.5 Å². The van der Waals surface area contributed by atoms with Crippen molar-refractivity contribution in [1.82, 2.24) is 9.29 Å². The number of aliphatic hydroxyl groups is 1. The quantitative estimate of drug-likeness (QED) is 0.340. The number of phenols is 2. The predicted octanol–water partition coefficient (Wildman–Crippen LogP) is 1.08. The maximum atomic E-state index is 12.6. The summed E-state index contributed by atoms with van der Waals surface area (Å²) in [5, 5.41) is 32.2. The molecule has 1 aromatic heterocycles. The van der Waals surface area contributed by atoms with Crippen molar-refractivity contribution in [2.45, 2.75) is 23.8 Å². The Morgan fingerprint density at radius 3 is 2.52 bits per heavy atom. The first kappa shape index (κ1) is 19.1. The molecule has 0 saturated carbocycles. The Kier molecular flexibility index (Phi) is 5.59. The number of piperidine rings is 1. The van der Waals surface area contributed by atoms with Crippen LogP contribution < -0.4 is 5.43 Å². The summed E-state index contributed by atoms with van der Waals surface area (Å²) in [5.41, 5.74) is 3.22. The van der Waals surface area contributed by atoms with E-state index >= 15 is 0 Å². The van der Waals surface area contributed by atoms with Crippen LogP contribution in [0, 0.1) is 0 Å². The highest BCUT2D eigenvalue weighted by molar-refractivity contribution is 7.89. The van der Waals surface area contributed by atoms with Crippen LogP contribution in [0.25, 0.3) is 0 Å². The van der Waals surface area contributed by atoms with E-state index in [1.807, 2.05) is 0 Å². The van der Waals surface area contributed by atoms with Gasteiger partial charge in [0.25, 0.3) is 0 Å². The van der Waals surface area contributed by atoms with Gasteiger partial charge in [0.1, 0.15) is 10.7 Å². The van der Waals surface area contributed by atoms with Crippen LogP contribution in [-0.2, 0) is 10.0 Å². The van der Waals surface area contributed by atoms with Crippen molar-refractivity contribution in [1.29, 1.82) is 0 Å². The standard InChI is InChI=1S/C17H20N4O5S/c22-13-5-7-21(8-6-13)27(25,26)14-2-4-17(18-11-14)20-19-10-12-1-3-15(23)16(24)9-12/h1-4,9-11,13,22-24H,5-8H2,(H,18,20)/b19-10+. The molecule has 0 aliphatic carbocycles. The van der Waals surface area contributed by atoms with Gasteiger partial charge < -0.3 is 15.3 Å². The van der Waals surface area contributed by atoms with Crippen LogP contribution >= 0.6 is 0 Å². The number of aromatic hydroxyl groups is 2. The van der Waals surface area contributed by atoms with Gasteiger partial charge in [0, 0.05) is 19.3 Å². The Morgan fingerprint density at radius 2 is 1.89 bits per heavy atom. The van der Waals surface area contributed by atoms with E-state index in [0.717, 1.165) is 0 Å². The number of sulfonamides is 1. The van der Waals surface area contributed by atoms with Gasteiger partial charge in [0.05, 0.1) is 12.3 Å². The Labute approximate surface area is 156 Å². The van der Waals surface area contributed by atoms with Crippen LogP contribution in [0.3, 0.4) is 0 Å². The molecule has 0 spiro atoms. The number of nitrogens with one attached hydrogen (secondary N) is 1. The molecule has 1 aromatic carbocycles. The second-order valence-electron chi connectivity index (χ2n) is 6.13. The molecule has 3 rings (SSSR count). The summed E-state index contributed by atoms with van der Waals surface area (Å²) in [6.45, 7) is 0.570. The molecule has 9 nitrogen and oxygen atoms in total. The summed E-state index contributed by atoms with van der Waals surface area (Å²) in [7, 11) is -3.63. The van der Waals surface area contributed by atoms with Crippen LogP contribution in [0.2, 0.25) is 0 Å². The van der Waals surface area contributed by atoms with E-state index in [0.29, 0.717) is 24.2 Å². The van der Waals surface area contributed by atoms with Crippen molar-refractivity contribution in [3.63, 3.8) is 0 Å². The lowest BCUT2D eigenvalue weighted by atomic mass is 10.1. The largest absolute Gasteiger partial charge is 0.504 e. The molecule has 1 fully saturated rings. The van der Waals surface area contributed by atoms with E-state index in [4.69, 9.17) is 0 Å². The number of aromatic nitrogens is 1. The van der Waals surface area contributed by atoms with Gasteiger partial charge in [0.15, 0.2) is 11.5 Å². The van der Waals surface area contributed by atoms with E-state index < -0.39 is 16.1 Å². The van der Waals surface area contributed by atoms with Crippen LogP contribution in [0.1, 0.15) is 18.4 Å². The molecule has 10 heteroatoms. The number of hydrogen-bond acceptors (Lipinski definition) is 8. The molecule has 0 amide bonds. The van der Waals surface area contributed by atoms with Crippen LogP contribution in [-0.4, -0.2) is 58.4 Å². The number of hydrazone groups is 1. The summed E-state index contributed by atoms with van der Waals surface area (Å²) in [6, 6.07) is 7.20. The minimum Gasteiger partial charge on any atom is -0.504 e. The average Bonchev–Trinajstić information content (AvgIpc) is 2.65. The molecule has 0 bridgehead atoms. The van der Waals surface area contributed by atoms with Gasteiger partial charge in [0.2, 0.25) is 10.0 Å². The lowest BCUT2D eigenvalue weighted by Gasteiger charge is -2.28. The Hall–Kier alpha value is -2.69. The highest BCUT2D eigenvalue weighted by Gasteiger charge is 2.28. The normalized spacial score (nSPS) is 16.6. The van der Waals surface area contributed by atoms with Crippen molar-refractivity contribution in [2.75, 3.05) is 18.5 Å². The van der Waals surface area contributed by atoms with E-state index in [1.165, 1.54) is 41.0 Å². The summed E-state index contributed by atoms with van der Waals surface area (Å²) >= 11 is 0. The van der Waals surface area contributed by atoms with Crippen molar-refractivity contribution >= 4 is 22.1 Å². The third kappa shape index (κ3) is 4.54. The maximum absolute atomic E-state index is 12.6. The zero-order valence-corrected chi connectivity index (χ0v) is 15.2. The Bertz CT molecular complexity index is 923. The fourth-order valence-corrected chi connectivity index (χ4v) is 4.04. The first-order valence-electron chi connectivity index (χ1n) is 8.31. The minimum atomic E-state index is -3.63. The molecule has 4 N–H and O–H groups in total. The Balaban J connectivity index is 1.64. The molecule has 0 radical (unpaired) electrons. The first-order valence-corrected chi connectivity index (χ1v) is 9.75. The molecule has 27 heavy (non-hydrogen) atoms. The van der Waals surface area contributed by atoms with Crippen molar-refractivity contribution in [3.8, 4) is 11.5 Å². The van der Waals surface area contributed by atoms with Crippen LogP contribution in [0.5, 0.6) is 11.5 Å². The summed E-state index contributed by atoms with van der Waals surface area (Å²) in [4.78, 5) is 4.13. The monoisotopic (exact) mass is 392 g/mol. The van der Waals surface area contributed by atoms with Crippen molar-refractivity contribution in [2.24, 2.45) is 5.10 Å². The molecule has 2 heterocycles. The van der Waals surface area contributed by atoms with Gasteiger partial charge >= 0.3 is 0 Å². The maximum Gasteiger partial charge on any atom is 0.244 e. The second-order valence-corrected chi connectivity index (χ2v) is 8.07.